The smallest absolute Gasteiger partial charge is 0.280 e. The summed E-state index contributed by atoms with van der Waals surface area (Å²) < 4.78 is 1.50. The number of aryl methyl sites for hydroxylation is 1. The molecule has 1 aromatic heterocycles. The maximum Gasteiger partial charge on any atom is 0.280 e. The predicted octanol–water partition coefficient (Wildman–Crippen LogP) is 5.25. The number of nitrogens with two attached hydrogens (primary N) is 1. The zero-order valence-corrected chi connectivity index (χ0v) is 22.3. The molecule has 0 radical (unpaired) electrons. The number of phenolic OH excluding ortho intramolecular Hbond substituents is 1. The molecule has 0 saturated carbocycles. The van der Waals surface area contributed by atoms with Crippen molar-refractivity contribution in [2.45, 2.75) is 12.8 Å². The lowest BCUT2D eigenvalue weighted by Crippen LogP contribution is -2.30. The number of aromatic hydroxyl groups is 1. The van der Waals surface area contributed by atoms with Crippen LogP contribution in [0.25, 0.3) is 16.5 Å². The first kappa shape index (κ1) is 25.4. The van der Waals surface area contributed by atoms with E-state index < -0.39 is 0 Å². The Kier molecular flexibility index (Phi) is 6.36. The van der Waals surface area contributed by atoms with E-state index in [1.54, 1.807) is 65.7 Å². The molecule has 1 unspecified atom stereocenters. The molecule has 9 nitrogen and oxygen atoms in total. The van der Waals surface area contributed by atoms with Gasteiger partial charge in [-0.05, 0) is 72.0 Å². The molecule has 0 spiro atoms. The number of anilines is 3. The first-order chi connectivity index (χ1) is 19.3. The van der Waals surface area contributed by atoms with Gasteiger partial charge in [-0.1, -0.05) is 23.4 Å². The molecule has 4 N–H and O–H groups in total. The third-order valence-corrected chi connectivity index (χ3v) is 7.55. The molecule has 1 atom stereocenters. The van der Waals surface area contributed by atoms with Gasteiger partial charge in [0.05, 0.1) is 17.6 Å². The Morgan fingerprint density at radius 2 is 1.85 bits per heavy atom. The van der Waals surface area contributed by atoms with Crippen LogP contribution in [0.4, 0.5) is 17.1 Å². The summed E-state index contributed by atoms with van der Waals surface area (Å²) in [6.07, 6.45) is 1.56. The molecule has 1 aliphatic rings. The minimum absolute atomic E-state index is 0.0872. The number of hydrogen-bond acceptors (Lipinski definition) is 6. The van der Waals surface area contributed by atoms with Gasteiger partial charge in [0.1, 0.15) is 5.75 Å². The fourth-order valence-corrected chi connectivity index (χ4v) is 5.43. The lowest BCUT2D eigenvalue weighted by molar-refractivity contribution is 0.0982. The Balaban J connectivity index is 1.24. The molecule has 10 heteroatoms. The zero-order chi connectivity index (χ0) is 28.0. The van der Waals surface area contributed by atoms with Gasteiger partial charge in [0.15, 0.2) is 5.69 Å². The standard InChI is InChI=1S/C30H25ClN6O3/c1-17-3-2-4-23-26(38)13-25-28(27(17)23)19(14-31)15-36(25)30(40)24-16-37(35-34-24)22-11-9-21(10-12-22)33-29(39)18-5-7-20(32)8-6-18/h2-13,16,19,38H,14-15,32H2,1H3,(H,33,39). The molecule has 200 valence electrons. The lowest BCUT2D eigenvalue weighted by atomic mass is 9.92. The number of benzene rings is 4. The molecule has 0 fully saturated rings. The highest BCUT2D eigenvalue weighted by Crippen LogP contribution is 2.46. The Morgan fingerprint density at radius 1 is 1.10 bits per heavy atom. The van der Waals surface area contributed by atoms with Gasteiger partial charge in [-0.25, -0.2) is 4.68 Å². The number of hydrogen-bond donors (Lipinski definition) is 3. The normalized spacial score (nSPS) is 14.3. The number of halogens is 1. The summed E-state index contributed by atoms with van der Waals surface area (Å²) in [6.45, 7) is 2.36. The minimum Gasteiger partial charge on any atom is -0.507 e. The van der Waals surface area contributed by atoms with Crippen LogP contribution < -0.4 is 16.0 Å². The Morgan fingerprint density at radius 3 is 2.58 bits per heavy atom. The predicted molar refractivity (Wildman–Crippen MR) is 156 cm³/mol. The second-order valence-electron chi connectivity index (χ2n) is 9.76. The molecule has 0 aliphatic carbocycles. The maximum atomic E-state index is 13.6. The number of carbonyl (C=O) groups is 2. The fourth-order valence-electron chi connectivity index (χ4n) is 5.18. The number of alkyl halides is 1. The number of nitrogens with one attached hydrogen (secondary N) is 1. The van der Waals surface area contributed by atoms with Gasteiger partial charge < -0.3 is 21.1 Å². The highest BCUT2D eigenvalue weighted by molar-refractivity contribution is 6.19. The molecule has 1 aliphatic heterocycles. The summed E-state index contributed by atoms with van der Waals surface area (Å²) in [7, 11) is 0. The molecule has 0 saturated heterocycles. The number of nitrogens with zero attached hydrogens (tertiary/aromatic N) is 4. The van der Waals surface area contributed by atoms with Crippen LogP contribution in [0.3, 0.4) is 0 Å². The van der Waals surface area contributed by atoms with E-state index in [9.17, 15) is 14.7 Å². The van der Waals surface area contributed by atoms with Gasteiger partial charge in [0.2, 0.25) is 0 Å². The largest absolute Gasteiger partial charge is 0.507 e. The van der Waals surface area contributed by atoms with Crippen molar-refractivity contribution in [3.8, 4) is 11.4 Å². The highest BCUT2D eigenvalue weighted by Gasteiger charge is 2.36. The molecule has 6 rings (SSSR count). The van der Waals surface area contributed by atoms with E-state index in [0.717, 1.165) is 21.9 Å². The van der Waals surface area contributed by atoms with Crippen molar-refractivity contribution in [1.82, 2.24) is 15.0 Å². The molecular formula is C30H25ClN6O3. The fraction of sp³-hybridized carbons (Fsp3) is 0.133. The van der Waals surface area contributed by atoms with E-state index in [-0.39, 0.29) is 29.2 Å². The molecular weight excluding hydrogens is 528 g/mol. The second kappa shape index (κ2) is 10.0. The topological polar surface area (TPSA) is 126 Å². The average molecular weight is 553 g/mol. The Hall–Kier alpha value is -4.89. The van der Waals surface area contributed by atoms with E-state index >= 15 is 0 Å². The van der Waals surface area contributed by atoms with Crippen LogP contribution in [-0.4, -0.2) is 44.3 Å². The monoisotopic (exact) mass is 552 g/mol. The van der Waals surface area contributed by atoms with E-state index in [2.05, 4.69) is 15.6 Å². The number of carbonyl (C=O) groups excluding carboxylic acids is 2. The van der Waals surface area contributed by atoms with Crippen molar-refractivity contribution in [2.75, 3.05) is 28.4 Å². The van der Waals surface area contributed by atoms with E-state index in [1.807, 2.05) is 25.1 Å². The number of amides is 2. The van der Waals surface area contributed by atoms with Crippen LogP contribution >= 0.6 is 11.6 Å². The average Bonchev–Trinajstić information content (AvgIpc) is 3.59. The van der Waals surface area contributed by atoms with Crippen molar-refractivity contribution < 1.29 is 14.7 Å². The third kappa shape index (κ3) is 4.40. The van der Waals surface area contributed by atoms with Gasteiger partial charge in [-0.3, -0.25) is 9.59 Å². The summed E-state index contributed by atoms with van der Waals surface area (Å²) in [5.74, 6) is -0.233. The zero-order valence-electron chi connectivity index (χ0n) is 21.5. The van der Waals surface area contributed by atoms with Gasteiger partial charge in [0.25, 0.3) is 11.8 Å². The van der Waals surface area contributed by atoms with Crippen LogP contribution in [0.1, 0.15) is 37.9 Å². The van der Waals surface area contributed by atoms with Crippen LogP contribution in [0.5, 0.6) is 5.75 Å². The summed E-state index contributed by atoms with van der Waals surface area (Å²) in [4.78, 5) is 27.7. The van der Waals surface area contributed by atoms with E-state index in [4.69, 9.17) is 17.3 Å². The lowest BCUT2D eigenvalue weighted by Gasteiger charge is -2.17. The quantitative estimate of drug-likeness (QED) is 0.202. The van der Waals surface area contributed by atoms with E-state index in [0.29, 0.717) is 40.7 Å². The van der Waals surface area contributed by atoms with E-state index in [1.165, 1.54) is 4.68 Å². The second-order valence-corrected chi connectivity index (χ2v) is 10.1. The van der Waals surface area contributed by atoms with Crippen molar-refractivity contribution in [3.05, 3.63) is 101 Å². The van der Waals surface area contributed by atoms with Crippen molar-refractivity contribution in [1.29, 1.82) is 0 Å². The summed E-state index contributed by atoms with van der Waals surface area (Å²) in [6, 6.07) is 21.1. The minimum atomic E-state index is -0.333. The molecule has 4 aromatic carbocycles. The van der Waals surface area contributed by atoms with Crippen molar-refractivity contribution in [2.24, 2.45) is 0 Å². The number of fused-ring (bicyclic) bond motifs is 3. The first-order valence-electron chi connectivity index (χ1n) is 12.7. The summed E-state index contributed by atoms with van der Waals surface area (Å²) in [5, 5.41) is 23.5. The van der Waals surface area contributed by atoms with Gasteiger partial charge in [-0.2, -0.15) is 0 Å². The van der Waals surface area contributed by atoms with Crippen molar-refractivity contribution in [3.63, 3.8) is 0 Å². The maximum absolute atomic E-state index is 13.6. The highest BCUT2D eigenvalue weighted by atomic mass is 35.5. The molecule has 2 heterocycles. The van der Waals surface area contributed by atoms with Gasteiger partial charge in [0, 0.05) is 46.7 Å². The summed E-state index contributed by atoms with van der Waals surface area (Å²) >= 11 is 6.35. The number of nitrogen functional groups attached to an aromatic ring is 1. The SMILES string of the molecule is Cc1cccc2c(O)cc3c(c12)C(CCl)CN3C(=O)c1cn(-c2ccc(NC(=O)c3ccc(N)cc3)cc2)nn1. The molecule has 2 amide bonds. The molecule has 40 heavy (non-hydrogen) atoms. The van der Waals surface area contributed by atoms with Crippen LogP contribution in [-0.2, 0) is 0 Å². The van der Waals surface area contributed by atoms with Crippen molar-refractivity contribution >= 4 is 51.2 Å². The van der Waals surface area contributed by atoms with Gasteiger partial charge >= 0.3 is 0 Å². The molecule has 0 bridgehead atoms. The number of rotatable bonds is 5. The Labute approximate surface area is 234 Å². The molecule has 5 aromatic rings. The van der Waals surface area contributed by atoms with Crippen LogP contribution in [0.2, 0.25) is 0 Å². The van der Waals surface area contributed by atoms with Gasteiger partial charge in [-0.15, -0.1) is 16.7 Å². The Bertz CT molecular complexity index is 1770. The summed E-state index contributed by atoms with van der Waals surface area (Å²) in [5.41, 5.74) is 10.8. The third-order valence-electron chi connectivity index (χ3n) is 7.18. The number of phenols is 1. The van der Waals surface area contributed by atoms with Crippen LogP contribution in [0.15, 0.2) is 79.0 Å². The number of aromatic nitrogens is 3. The first-order valence-corrected chi connectivity index (χ1v) is 13.2. The van der Waals surface area contributed by atoms with Crippen LogP contribution in [0, 0.1) is 6.92 Å².